The minimum absolute atomic E-state index is 0.0260. The van der Waals surface area contributed by atoms with E-state index in [-0.39, 0.29) is 11.9 Å². The molecule has 0 heterocycles. The van der Waals surface area contributed by atoms with Gasteiger partial charge in [-0.2, -0.15) is 0 Å². The van der Waals surface area contributed by atoms with Gasteiger partial charge in [0.25, 0.3) is 5.91 Å². The van der Waals surface area contributed by atoms with Crippen molar-refractivity contribution in [3.8, 4) is 0 Å². The zero-order valence-corrected chi connectivity index (χ0v) is 11.7. The summed E-state index contributed by atoms with van der Waals surface area (Å²) in [5, 5.41) is 3.01. The van der Waals surface area contributed by atoms with Crippen molar-refractivity contribution in [2.75, 3.05) is 0 Å². The minimum atomic E-state index is -0.0260. The van der Waals surface area contributed by atoms with Crippen molar-refractivity contribution in [1.29, 1.82) is 0 Å². The Hall–Kier alpha value is -0.610. The second kappa shape index (κ2) is 5.15. The molecular formula is C12H11Br2NO. The number of nitrogens with one attached hydrogen (secondary N) is 1. The summed E-state index contributed by atoms with van der Waals surface area (Å²) in [4.78, 5) is 12.0. The fraction of sp³-hybridized carbons (Fsp3) is 0.250. The van der Waals surface area contributed by atoms with Gasteiger partial charge in [0.15, 0.2) is 0 Å². The van der Waals surface area contributed by atoms with Crippen molar-refractivity contribution >= 4 is 37.8 Å². The number of hydrogen-bond acceptors (Lipinski definition) is 1. The molecule has 0 fully saturated rings. The highest BCUT2D eigenvalue weighted by molar-refractivity contribution is 9.11. The molecule has 1 aromatic rings. The lowest BCUT2D eigenvalue weighted by molar-refractivity contribution is 0.0938. The molecule has 2 rings (SSSR count). The third-order valence-corrected chi connectivity index (χ3v) is 3.70. The van der Waals surface area contributed by atoms with Crippen molar-refractivity contribution in [2.24, 2.45) is 0 Å². The summed E-state index contributed by atoms with van der Waals surface area (Å²) in [6.45, 7) is 0. The van der Waals surface area contributed by atoms with Gasteiger partial charge >= 0.3 is 0 Å². The lowest BCUT2D eigenvalue weighted by atomic mass is 10.2. The molecule has 1 aliphatic rings. The van der Waals surface area contributed by atoms with E-state index < -0.39 is 0 Å². The molecule has 0 saturated carbocycles. The highest BCUT2D eigenvalue weighted by Crippen LogP contribution is 2.22. The number of amides is 1. The average Bonchev–Trinajstić information content (AvgIpc) is 2.74. The lowest BCUT2D eigenvalue weighted by Gasteiger charge is -2.13. The molecule has 4 heteroatoms. The van der Waals surface area contributed by atoms with Gasteiger partial charge in [-0.25, -0.2) is 0 Å². The van der Waals surface area contributed by atoms with Crippen LogP contribution >= 0.6 is 31.9 Å². The lowest BCUT2D eigenvalue weighted by Crippen LogP contribution is -2.33. The monoisotopic (exact) mass is 343 g/mol. The van der Waals surface area contributed by atoms with Crippen LogP contribution in [0.4, 0.5) is 0 Å². The quantitative estimate of drug-likeness (QED) is 0.815. The Labute approximate surface area is 111 Å². The average molecular weight is 345 g/mol. The van der Waals surface area contributed by atoms with E-state index in [1.54, 1.807) is 0 Å². The van der Waals surface area contributed by atoms with Crippen LogP contribution in [0, 0.1) is 0 Å². The summed E-state index contributed by atoms with van der Waals surface area (Å²) < 4.78 is 1.73. The van der Waals surface area contributed by atoms with E-state index in [1.165, 1.54) is 0 Å². The predicted molar refractivity (Wildman–Crippen MR) is 71.5 cm³/mol. The van der Waals surface area contributed by atoms with Crippen LogP contribution in [0.2, 0.25) is 0 Å². The number of rotatable bonds is 2. The third-order valence-electron chi connectivity index (χ3n) is 2.52. The Morgan fingerprint density at radius 2 is 1.94 bits per heavy atom. The zero-order valence-electron chi connectivity index (χ0n) is 8.54. The normalized spacial score (nSPS) is 15.4. The van der Waals surface area contributed by atoms with Gasteiger partial charge in [-0.1, -0.05) is 28.1 Å². The molecule has 0 aliphatic heterocycles. The van der Waals surface area contributed by atoms with Gasteiger partial charge in [0.1, 0.15) is 0 Å². The molecule has 84 valence electrons. The summed E-state index contributed by atoms with van der Waals surface area (Å²) in [5.41, 5.74) is 0.668. The van der Waals surface area contributed by atoms with Gasteiger partial charge in [-0.05, 0) is 47.0 Å². The van der Waals surface area contributed by atoms with E-state index in [0.29, 0.717) is 5.56 Å². The maximum Gasteiger partial charge on any atom is 0.252 e. The fourth-order valence-corrected chi connectivity index (χ4v) is 2.46. The molecule has 0 saturated heterocycles. The smallest absolute Gasteiger partial charge is 0.252 e. The molecule has 0 bridgehead atoms. The van der Waals surface area contributed by atoms with Crippen LogP contribution in [0.3, 0.4) is 0 Å². The van der Waals surface area contributed by atoms with Crippen molar-refractivity contribution in [3.05, 3.63) is 44.9 Å². The first-order valence-corrected chi connectivity index (χ1v) is 6.66. The Morgan fingerprint density at radius 3 is 2.62 bits per heavy atom. The first-order valence-electron chi connectivity index (χ1n) is 5.08. The Kier molecular flexibility index (Phi) is 3.82. The van der Waals surface area contributed by atoms with Crippen LogP contribution in [0.1, 0.15) is 23.2 Å². The van der Waals surface area contributed by atoms with E-state index in [2.05, 4.69) is 49.3 Å². The number of carbonyl (C=O) groups excluding carboxylic acids is 1. The Morgan fingerprint density at radius 1 is 1.25 bits per heavy atom. The molecular weight excluding hydrogens is 334 g/mol. The first kappa shape index (κ1) is 11.9. The molecule has 0 spiro atoms. The molecule has 1 amide bonds. The van der Waals surface area contributed by atoms with Crippen molar-refractivity contribution in [2.45, 2.75) is 18.9 Å². The van der Waals surface area contributed by atoms with Crippen LogP contribution in [-0.4, -0.2) is 11.9 Å². The fourth-order valence-electron chi connectivity index (χ4n) is 1.67. The van der Waals surface area contributed by atoms with E-state index in [1.807, 2.05) is 18.2 Å². The van der Waals surface area contributed by atoms with Gasteiger partial charge in [0.05, 0.1) is 5.56 Å². The molecule has 0 atom stereocenters. The predicted octanol–water partition coefficient (Wildman–Crippen LogP) is 3.66. The van der Waals surface area contributed by atoms with Crippen molar-refractivity contribution in [3.63, 3.8) is 0 Å². The highest BCUT2D eigenvalue weighted by atomic mass is 79.9. The first-order chi connectivity index (χ1) is 7.66. The summed E-state index contributed by atoms with van der Waals surface area (Å²) in [6.07, 6.45) is 6.05. The molecule has 1 aromatic carbocycles. The molecule has 0 aromatic heterocycles. The summed E-state index contributed by atoms with van der Waals surface area (Å²) >= 11 is 6.75. The van der Waals surface area contributed by atoms with Crippen LogP contribution < -0.4 is 5.32 Å². The summed E-state index contributed by atoms with van der Waals surface area (Å²) in [6, 6.07) is 5.84. The summed E-state index contributed by atoms with van der Waals surface area (Å²) in [5.74, 6) is -0.0260. The van der Waals surface area contributed by atoms with Crippen LogP contribution in [0.25, 0.3) is 0 Å². The largest absolute Gasteiger partial charge is 0.349 e. The Bertz CT molecular complexity index is 435. The second-order valence-electron chi connectivity index (χ2n) is 3.74. The summed E-state index contributed by atoms with van der Waals surface area (Å²) in [7, 11) is 0. The Balaban J connectivity index is 2.10. The minimum Gasteiger partial charge on any atom is -0.349 e. The van der Waals surface area contributed by atoms with Crippen molar-refractivity contribution < 1.29 is 4.79 Å². The number of hydrogen-bond donors (Lipinski definition) is 1. The van der Waals surface area contributed by atoms with Crippen LogP contribution in [-0.2, 0) is 0 Å². The van der Waals surface area contributed by atoms with E-state index in [9.17, 15) is 4.79 Å². The topological polar surface area (TPSA) is 29.1 Å². The molecule has 1 aliphatic carbocycles. The van der Waals surface area contributed by atoms with Gasteiger partial charge in [-0.3, -0.25) is 4.79 Å². The number of benzene rings is 1. The molecule has 1 N–H and O–H groups in total. The van der Waals surface area contributed by atoms with Crippen molar-refractivity contribution in [1.82, 2.24) is 5.32 Å². The second-order valence-corrected chi connectivity index (χ2v) is 5.51. The molecule has 16 heavy (non-hydrogen) atoms. The van der Waals surface area contributed by atoms with Gasteiger partial charge in [0, 0.05) is 15.0 Å². The zero-order chi connectivity index (χ0) is 11.5. The van der Waals surface area contributed by atoms with E-state index in [4.69, 9.17) is 0 Å². The van der Waals surface area contributed by atoms with Crippen LogP contribution in [0.15, 0.2) is 39.3 Å². The highest BCUT2D eigenvalue weighted by Gasteiger charge is 2.16. The standard InChI is InChI=1S/C12H11Br2NO/c13-8-5-6-11(14)10(7-8)12(16)15-9-3-1-2-4-9/h1-2,5-7,9H,3-4H2,(H,15,16). The number of halogens is 2. The molecule has 0 unspecified atom stereocenters. The molecule has 0 radical (unpaired) electrons. The van der Waals surface area contributed by atoms with E-state index >= 15 is 0 Å². The molecule has 2 nitrogen and oxygen atoms in total. The maximum absolute atomic E-state index is 12.0. The third kappa shape index (κ3) is 2.74. The maximum atomic E-state index is 12.0. The van der Waals surface area contributed by atoms with E-state index in [0.717, 1.165) is 21.8 Å². The van der Waals surface area contributed by atoms with Gasteiger partial charge in [0.2, 0.25) is 0 Å². The van der Waals surface area contributed by atoms with Crippen LogP contribution in [0.5, 0.6) is 0 Å². The number of carbonyl (C=O) groups is 1. The van der Waals surface area contributed by atoms with Gasteiger partial charge in [-0.15, -0.1) is 0 Å². The van der Waals surface area contributed by atoms with Gasteiger partial charge < -0.3 is 5.32 Å². The SMILES string of the molecule is O=C(NC1CC=CC1)c1cc(Br)ccc1Br.